The molecule has 0 radical (unpaired) electrons. The van der Waals surface area contributed by atoms with Gasteiger partial charge in [0.25, 0.3) is 0 Å². The SMILES string of the molecule is CCC(C)CN(C)C(=O)N1CC(OC)CC1C(=O)O. The lowest BCUT2D eigenvalue weighted by Gasteiger charge is -2.29. The molecular weight excluding hydrogens is 248 g/mol. The van der Waals surface area contributed by atoms with Crippen LogP contribution in [0, 0.1) is 5.92 Å². The van der Waals surface area contributed by atoms with Gasteiger partial charge >= 0.3 is 12.0 Å². The van der Waals surface area contributed by atoms with Crippen molar-refractivity contribution in [1.29, 1.82) is 0 Å². The fourth-order valence-electron chi connectivity index (χ4n) is 2.31. The minimum absolute atomic E-state index is 0.193. The third-order valence-corrected chi connectivity index (χ3v) is 3.74. The van der Waals surface area contributed by atoms with E-state index in [4.69, 9.17) is 4.74 Å². The molecule has 0 aromatic heterocycles. The van der Waals surface area contributed by atoms with Crippen LogP contribution in [0.25, 0.3) is 0 Å². The summed E-state index contributed by atoms with van der Waals surface area (Å²) in [6.45, 7) is 5.12. The Balaban J connectivity index is 2.70. The number of methoxy groups -OCH3 is 1. The summed E-state index contributed by atoms with van der Waals surface area (Å²) in [4.78, 5) is 26.5. The molecule has 110 valence electrons. The number of hydrogen-bond acceptors (Lipinski definition) is 3. The second-order valence-corrected chi connectivity index (χ2v) is 5.28. The zero-order valence-electron chi connectivity index (χ0n) is 12.1. The van der Waals surface area contributed by atoms with Crippen LogP contribution in [0.4, 0.5) is 4.79 Å². The van der Waals surface area contributed by atoms with Crippen molar-refractivity contribution in [3.05, 3.63) is 0 Å². The Hall–Kier alpha value is -1.30. The average Bonchev–Trinajstić information content (AvgIpc) is 2.81. The summed E-state index contributed by atoms with van der Waals surface area (Å²) in [6, 6.07) is -1.01. The van der Waals surface area contributed by atoms with Gasteiger partial charge in [-0.3, -0.25) is 0 Å². The van der Waals surface area contributed by atoms with Crippen LogP contribution in [0.2, 0.25) is 0 Å². The molecule has 19 heavy (non-hydrogen) atoms. The van der Waals surface area contributed by atoms with Gasteiger partial charge in [0.15, 0.2) is 0 Å². The first-order valence-electron chi connectivity index (χ1n) is 6.68. The quantitative estimate of drug-likeness (QED) is 0.818. The van der Waals surface area contributed by atoms with Crippen molar-refractivity contribution in [2.45, 2.75) is 38.8 Å². The van der Waals surface area contributed by atoms with Crippen LogP contribution in [0.1, 0.15) is 26.7 Å². The minimum atomic E-state index is -0.968. The molecule has 2 amide bonds. The van der Waals surface area contributed by atoms with Gasteiger partial charge in [-0.1, -0.05) is 20.3 Å². The maximum absolute atomic E-state index is 12.3. The molecule has 3 atom stereocenters. The predicted molar refractivity (Wildman–Crippen MR) is 71.0 cm³/mol. The van der Waals surface area contributed by atoms with Crippen LogP contribution in [-0.2, 0) is 9.53 Å². The molecule has 1 heterocycles. The summed E-state index contributed by atoms with van der Waals surface area (Å²) >= 11 is 0. The molecule has 1 fully saturated rings. The molecule has 1 saturated heterocycles. The Bertz CT molecular complexity index is 335. The summed E-state index contributed by atoms with van der Waals surface area (Å²) in [5.74, 6) is -0.567. The lowest BCUT2D eigenvalue weighted by atomic mass is 10.1. The van der Waals surface area contributed by atoms with Gasteiger partial charge in [0.1, 0.15) is 6.04 Å². The maximum Gasteiger partial charge on any atom is 0.326 e. The molecule has 3 unspecified atom stereocenters. The smallest absolute Gasteiger partial charge is 0.326 e. The molecule has 0 bridgehead atoms. The van der Waals surface area contributed by atoms with E-state index in [0.29, 0.717) is 25.4 Å². The van der Waals surface area contributed by atoms with Gasteiger partial charge in [-0.25, -0.2) is 9.59 Å². The second kappa shape index (κ2) is 6.75. The Morgan fingerprint density at radius 1 is 1.53 bits per heavy atom. The summed E-state index contributed by atoms with van der Waals surface area (Å²) in [6.07, 6.45) is 1.15. The first-order valence-corrected chi connectivity index (χ1v) is 6.68. The Labute approximate surface area is 114 Å². The summed E-state index contributed by atoms with van der Waals surface area (Å²) < 4.78 is 5.18. The van der Waals surface area contributed by atoms with Crippen LogP contribution in [0.15, 0.2) is 0 Å². The highest BCUT2D eigenvalue weighted by Crippen LogP contribution is 2.22. The number of carboxylic acids is 1. The Morgan fingerprint density at radius 2 is 2.16 bits per heavy atom. The number of amides is 2. The van der Waals surface area contributed by atoms with E-state index in [0.717, 1.165) is 6.42 Å². The van der Waals surface area contributed by atoms with Gasteiger partial charge in [-0.15, -0.1) is 0 Å². The molecule has 1 rings (SSSR count). The fourth-order valence-corrected chi connectivity index (χ4v) is 2.31. The number of carbonyl (C=O) groups is 2. The molecule has 0 aromatic rings. The molecule has 0 spiro atoms. The normalized spacial score (nSPS) is 24.3. The van der Waals surface area contributed by atoms with Crippen molar-refractivity contribution in [3.63, 3.8) is 0 Å². The highest BCUT2D eigenvalue weighted by Gasteiger charge is 2.40. The minimum Gasteiger partial charge on any atom is -0.480 e. The van der Waals surface area contributed by atoms with Crippen molar-refractivity contribution in [3.8, 4) is 0 Å². The zero-order chi connectivity index (χ0) is 14.6. The number of carboxylic acid groups (broad SMARTS) is 1. The summed E-state index contributed by atoms with van der Waals surface area (Å²) in [7, 11) is 3.26. The van der Waals surface area contributed by atoms with Crippen LogP contribution >= 0.6 is 0 Å². The van der Waals surface area contributed by atoms with Gasteiger partial charge in [0.05, 0.1) is 6.10 Å². The number of ether oxygens (including phenoxy) is 1. The van der Waals surface area contributed by atoms with Crippen LogP contribution in [0.3, 0.4) is 0 Å². The number of nitrogens with zero attached hydrogens (tertiary/aromatic N) is 2. The maximum atomic E-state index is 12.3. The van der Waals surface area contributed by atoms with E-state index >= 15 is 0 Å². The summed E-state index contributed by atoms with van der Waals surface area (Å²) in [5.41, 5.74) is 0. The van der Waals surface area contributed by atoms with E-state index in [1.54, 1.807) is 19.1 Å². The number of aliphatic carboxylic acids is 1. The number of hydrogen-bond donors (Lipinski definition) is 1. The fraction of sp³-hybridized carbons (Fsp3) is 0.846. The zero-order valence-corrected chi connectivity index (χ0v) is 12.1. The number of carbonyl (C=O) groups excluding carboxylic acids is 1. The van der Waals surface area contributed by atoms with Gasteiger partial charge in [-0.05, 0) is 5.92 Å². The highest BCUT2D eigenvalue weighted by molar-refractivity contribution is 5.83. The third kappa shape index (κ3) is 3.83. The molecule has 0 aliphatic carbocycles. The van der Waals surface area contributed by atoms with Crippen molar-refractivity contribution in [1.82, 2.24) is 9.80 Å². The van der Waals surface area contributed by atoms with Crippen LogP contribution < -0.4 is 0 Å². The van der Waals surface area contributed by atoms with E-state index in [1.165, 1.54) is 4.90 Å². The largest absolute Gasteiger partial charge is 0.480 e. The van der Waals surface area contributed by atoms with Crippen molar-refractivity contribution >= 4 is 12.0 Å². The van der Waals surface area contributed by atoms with E-state index < -0.39 is 12.0 Å². The molecule has 0 saturated carbocycles. The van der Waals surface area contributed by atoms with Gasteiger partial charge in [0, 0.05) is 33.7 Å². The van der Waals surface area contributed by atoms with E-state index in [9.17, 15) is 14.7 Å². The summed E-state index contributed by atoms with van der Waals surface area (Å²) in [5, 5.41) is 9.19. The first kappa shape index (κ1) is 15.8. The second-order valence-electron chi connectivity index (χ2n) is 5.28. The lowest BCUT2D eigenvalue weighted by Crippen LogP contribution is -2.47. The van der Waals surface area contributed by atoms with E-state index in [2.05, 4.69) is 13.8 Å². The molecular formula is C13H24N2O4. The monoisotopic (exact) mass is 272 g/mol. The first-order chi connectivity index (χ1) is 8.90. The highest BCUT2D eigenvalue weighted by atomic mass is 16.5. The molecule has 1 N–H and O–H groups in total. The predicted octanol–water partition coefficient (Wildman–Crippen LogP) is 1.26. The number of likely N-dealkylation sites (tertiary alicyclic amines) is 1. The standard InChI is InChI=1S/C13H24N2O4/c1-5-9(2)7-14(3)13(18)15-8-10(19-4)6-11(15)12(16)17/h9-11H,5-8H2,1-4H3,(H,16,17). The van der Waals surface area contributed by atoms with Crippen LogP contribution in [0.5, 0.6) is 0 Å². The molecule has 1 aliphatic rings. The third-order valence-electron chi connectivity index (χ3n) is 3.74. The van der Waals surface area contributed by atoms with Crippen molar-refractivity contribution in [2.24, 2.45) is 5.92 Å². The molecule has 0 aromatic carbocycles. The van der Waals surface area contributed by atoms with E-state index in [1.807, 2.05) is 0 Å². The van der Waals surface area contributed by atoms with Crippen LogP contribution in [-0.4, -0.2) is 66.3 Å². The molecule has 6 nitrogen and oxygen atoms in total. The topological polar surface area (TPSA) is 70.1 Å². The number of rotatable bonds is 5. The van der Waals surface area contributed by atoms with Gasteiger partial charge < -0.3 is 19.6 Å². The average molecular weight is 272 g/mol. The Kier molecular flexibility index (Phi) is 5.60. The molecule has 6 heteroatoms. The lowest BCUT2D eigenvalue weighted by molar-refractivity contribution is -0.141. The van der Waals surface area contributed by atoms with Crippen molar-refractivity contribution < 1.29 is 19.4 Å². The van der Waals surface area contributed by atoms with Gasteiger partial charge in [0.2, 0.25) is 0 Å². The number of urea groups is 1. The van der Waals surface area contributed by atoms with Gasteiger partial charge in [-0.2, -0.15) is 0 Å². The van der Waals surface area contributed by atoms with Crippen molar-refractivity contribution in [2.75, 3.05) is 27.2 Å². The van der Waals surface area contributed by atoms with E-state index in [-0.39, 0.29) is 12.1 Å². The molecule has 1 aliphatic heterocycles. The Morgan fingerprint density at radius 3 is 2.63 bits per heavy atom.